The van der Waals surface area contributed by atoms with E-state index in [1.165, 1.54) is 17.1 Å². The smallest absolute Gasteiger partial charge is 0.339 e. The van der Waals surface area contributed by atoms with Crippen molar-refractivity contribution in [2.45, 2.75) is 11.8 Å². The number of nitrogens with one attached hydrogen (secondary N) is 1. The van der Waals surface area contributed by atoms with Crippen LogP contribution in [0.25, 0.3) is 10.8 Å². The summed E-state index contributed by atoms with van der Waals surface area (Å²) >= 11 is 0. The maximum absolute atomic E-state index is 12.9. The summed E-state index contributed by atoms with van der Waals surface area (Å²) in [6, 6.07) is 17.1. The van der Waals surface area contributed by atoms with Crippen molar-refractivity contribution in [3.05, 3.63) is 66.2 Å². The van der Waals surface area contributed by atoms with Crippen LogP contribution in [0, 0.1) is 12.3 Å². The average Bonchev–Trinajstić information content (AvgIpc) is 2.69. The first-order chi connectivity index (χ1) is 14.3. The Bertz CT molecular complexity index is 1190. The molecule has 0 fully saturated rings. The molecule has 0 aromatic heterocycles. The van der Waals surface area contributed by atoms with Gasteiger partial charge in [-0.15, -0.1) is 0 Å². The molecule has 0 heterocycles. The van der Waals surface area contributed by atoms with Crippen molar-refractivity contribution in [2.75, 3.05) is 13.2 Å². The standard InChI is InChI=1S/C21H22N4O4S/c1-15-12-17(28-11-10-25(24-2)21(22)23)14-18(13-15)29-30(26,27)20-9-5-7-16-6-3-4-8-19(16)20/h3-9,12-14H,2,10-11H2,1H3,(H3,22,23). The predicted octanol–water partition coefficient (Wildman–Crippen LogP) is 3.11. The van der Waals surface area contributed by atoms with E-state index in [4.69, 9.17) is 20.1 Å². The Kier molecular flexibility index (Phi) is 6.22. The van der Waals surface area contributed by atoms with Crippen LogP contribution in [0.5, 0.6) is 11.5 Å². The molecule has 0 bridgehead atoms. The SMILES string of the molecule is C=NN(CCOc1cc(C)cc(OS(=O)(=O)c2cccc3ccccc23)c1)C(=N)N. The van der Waals surface area contributed by atoms with Gasteiger partial charge in [0.1, 0.15) is 23.0 Å². The van der Waals surface area contributed by atoms with Crippen LogP contribution in [0.3, 0.4) is 0 Å². The number of fused-ring (bicyclic) bond motifs is 1. The topological polar surface area (TPSA) is 118 Å². The van der Waals surface area contributed by atoms with Crippen LogP contribution in [0.15, 0.2) is 70.7 Å². The Morgan fingerprint density at radius 1 is 1.13 bits per heavy atom. The lowest BCUT2D eigenvalue weighted by atomic mass is 10.1. The first kappa shape index (κ1) is 21.1. The summed E-state index contributed by atoms with van der Waals surface area (Å²) in [5.41, 5.74) is 6.14. The van der Waals surface area contributed by atoms with Gasteiger partial charge in [0.15, 0.2) is 0 Å². The number of benzene rings is 3. The predicted molar refractivity (Wildman–Crippen MR) is 117 cm³/mol. The molecule has 0 radical (unpaired) electrons. The lowest BCUT2D eigenvalue weighted by molar-refractivity contribution is 0.271. The molecule has 0 spiro atoms. The second-order valence-electron chi connectivity index (χ2n) is 6.49. The normalized spacial score (nSPS) is 11.1. The number of ether oxygens (including phenoxy) is 1. The van der Waals surface area contributed by atoms with Crippen LogP contribution in [0.2, 0.25) is 0 Å². The summed E-state index contributed by atoms with van der Waals surface area (Å²) in [5, 5.41) is 13.6. The van der Waals surface area contributed by atoms with E-state index < -0.39 is 10.1 Å². The highest BCUT2D eigenvalue weighted by molar-refractivity contribution is 7.87. The van der Waals surface area contributed by atoms with Gasteiger partial charge in [-0.25, -0.2) is 5.01 Å². The van der Waals surface area contributed by atoms with Gasteiger partial charge in [-0.1, -0.05) is 36.4 Å². The maximum Gasteiger partial charge on any atom is 0.339 e. The monoisotopic (exact) mass is 426 g/mol. The van der Waals surface area contributed by atoms with Crippen LogP contribution in [0.1, 0.15) is 5.56 Å². The first-order valence-corrected chi connectivity index (χ1v) is 10.5. The molecular formula is C21H22N4O4S. The Labute approximate surface area is 175 Å². The summed E-state index contributed by atoms with van der Waals surface area (Å²) in [6.07, 6.45) is 0. The van der Waals surface area contributed by atoms with E-state index in [1.807, 2.05) is 18.2 Å². The largest absolute Gasteiger partial charge is 0.492 e. The maximum atomic E-state index is 12.9. The highest BCUT2D eigenvalue weighted by atomic mass is 32.2. The highest BCUT2D eigenvalue weighted by Gasteiger charge is 2.20. The Morgan fingerprint density at radius 2 is 1.83 bits per heavy atom. The molecule has 156 valence electrons. The Morgan fingerprint density at radius 3 is 2.57 bits per heavy atom. The number of hydrazone groups is 1. The summed E-state index contributed by atoms with van der Waals surface area (Å²) in [7, 11) is -4.05. The first-order valence-electron chi connectivity index (χ1n) is 9.05. The second-order valence-corrected chi connectivity index (χ2v) is 8.01. The highest BCUT2D eigenvalue weighted by Crippen LogP contribution is 2.28. The van der Waals surface area contributed by atoms with E-state index >= 15 is 0 Å². The third kappa shape index (κ3) is 4.87. The van der Waals surface area contributed by atoms with E-state index in [0.29, 0.717) is 11.1 Å². The van der Waals surface area contributed by atoms with Crippen molar-refractivity contribution in [3.8, 4) is 11.5 Å². The Hall–Kier alpha value is -3.59. The van der Waals surface area contributed by atoms with Gasteiger partial charge >= 0.3 is 10.1 Å². The van der Waals surface area contributed by atoms with Gasteiger partial charge in [-0.05, 0) is 36.1 Å². The molecular weight excluding hydrogens is 404 g/mol. The molecule has 3 aromatic carbocycles. The molecule has 0 amide bonds. The summed E-state index contributed by atoms with van der Waals surface area (Å²) in [6.45, 7) is 5.53. The zero-order chi connectivity index (χ0) is 21.7. The minimum Gasteiger partial charge on any atom is -0.492 e. The van der Waals surface area contributed by atoms with Crippen molar-refractivity contribution in [2.24, 2.45) is 10.8 Å². The number of guanidine groups is 1. The van der Waals surface area contributed by atoms with Crippen LogP contribution >= 0.6 is 0 Å². The van der Waals surface area contributed by atoms with Crippen molar-refractivity contribution in [1.82, 2.24) is 5.01 Å². The number of aryl methyl sites for hydroxylation is 1. The number of nitrogens with two attached hydrogens (primary N) is 1. The van der Waals surface area contributed by atoms with Crippen molar-refractivity contribution >= 4 is 33.6 Å². The quantitative estimate of drug-likeness (QED) is 0.247. The number of rotatable bonds is 8. The zero-order valence-electron chi connectivity index (χ0n) is 16.4. The van der Waals surface area contributed by atoms with Crippen molar-refractivity contribution in [3.63, 3.8) is 0 Å². The molecule has 0 aliphatic carbocycles. The fraction of sp³-hybridized carbons (Fsp3) is 0.143. The van der Waals surface area contributed by atoms with E-state index in [1.54, 1.807) is 37.3 Å². The summed E-state index contributed by atoms with van der Waals surface area (Å²) in [4.78, 5) is 0.0960. The molecule has 0 saturated heterocycles. The molecule has 0 saturated carbocycles. The van der Waals surface area contributed by atoms with E-state index in [2.05, 4.69) is 11.8 Å². The van der Waals surface area contributed by atoms with Crippen molar-refractivity contribution in [1.29, 1.82) is 5.41 Å². The summed E-state index contributed by atoms with van der Waals surface area (Å²) < 4.78 is 36.9. The average molecular weight is 426 g/mol. The van der Waals surface area contributed by atoms with Gasteiger partial charge in [-0.2, -0.15) is 13.5 Å². The van der Waals surface area contributed by atoms with Gasteiger partial charge in [-0.3, -0.25) is 5.41 Å². The van der Waals surface area contributed by atoms with Gasteiger partial charge in [0, 0.05) is 18.2 Å². The van der Waals surface area contributed by atoms with Crippen molar-refractivity contribution < 1.29 is 17.3 Å². The number of hydrogen-bond acceptors (Lipinski definition) is 6. The van der Waals surface area contributed by atoms with Crippen LogP contribution in [0.4, 0.5) is 0 Å². The molecule has 3 rings (SSSR count). The molecule has 3 aromatic rings. The zero-order valence-corrected chi connectivity index (χ0v) is 17.2. The number of nitrogens with zero attached hydrogens (tertiary/aromatic N) is 2. The summed E-state index contributed by atoms with van der Waals surface area (Å²) in [5.74, 6) is 0.317. The molecule has 0 unspecified atom stereocenters. The minimum atomic E-state index is -4.05. The molecule has 30 heavy (non-hydrogen) atoms. The fourth-order valence-corrected chi connectivity index (χ4v) is 4.09. The van der Waals surface area contributed by atoms with Gasteiger partial charge in [0.05, 0.1) is 6.54 Å². The molecule has 3 N–H and O–H groups in total. The molecule has 0 aliphatic rings. The van der Waals surface area contributed by atoms with Gasteiger partial charge < -0.3 is 14.7 Å². The van der Waals surface area contributed by atoms with E-state index in [-0.39, 0.29) is 29.8 Å². The van der Waals surface area contributed by atoms with Crippen LogP contribution < -0.4 is 14.7 Å². The molecule has 9 heteroatoms. The minimum absolute atomic E-state index is 0.0960. The lowest BCUT2D eigenvalue weighted by Crippen LogP contribution is -2.34. The third-order valence-corrected chi connectivity index (χ3v) is 5.58. The molecule has 0 atom stereocenters. The lowest BCUT2D eigenvalue weighted by Gasteiger charge is -2.16. The van der Waals surface area contributed by atoms with Gasteiger partial charge in [0.2, 0.25) is 5.96 Å². The van der Waals surface area contributed by atoms with Gasteiger partial charge in [0.25, 0.3) is 0 Å². The third-order valence-electron chi connectivity index (χ3n) is 4.27. The van der Waals surface area contributed by atoms with E-state index in [9.17, 15) is 8.42 Å². The molecule has 0 aliphatic heterocycles. The van der Waals surface area contributed by atoms with Crippen LogP contribution in [-0.4, -0.2) is 39.3 Å². The fourth-order valence-electron chi connectivity index (χ4n) is 2.95. The molecule has 8 nitrogen and oxygen atoms in total. The number of hydrogen-bond donors (Lipinski definition) is 2. The van der Waals surface area contributed by atoms with Crippen LogP contribution in [-0.2, 0) is 10.1 Å². The Balaban J connectivity index is 1.81. The second kappa shape index (κ2) is 8.83. The van der Waals surface area contributed by atoms with E-state index in [0.717, 1.165) is 10.9 Å².